The Labute approximate surface area is 131 Å². The highest BCUT2D eigenvalue weighted by atomic mass is 79.9. The zero-order chi connectivity index (χ0) is 14.1. The molecule has 1 N–H and O–H groups in total. The second-order valence-corrected chi connectivity index (χ2v) is 6.46. The van der Waals surface area contributed by atoms with Crippen LogP contribution in [-0.2, 0) is 6.61 Å². The van der Waals surface area contributed by atoms with Crippen LogP contribution in [0.25, 0.3) is 5.69 Å². The molecule has 0 aliphatic heterocycles. The third-order valence-corrected chi connectivity index (χ3v) is 4.79. The van der Waals surface area contributed by atoms with Gasteiger partial charge in [0.25, 0.3) is 0 Å². The van der Waals surface area contributed by atoms with Gasteiger partial charge in [-0.25, -0.2) is 4.68 Å². The first-order valence-corrected chi connectivity index (χ1v) is 8.02. The number of hydrogen-bond acceptors (Lipinski definition) is 2. The highest BCUT2D eigenvalue weighted by Crippen LogP contribution is 2.38. The highest BCUT2D eigenvalue weighted by Gasteiger charge is 2.26. The fourth-order valence-electron chi connectivity index (χ4n) is 2.90. The molecular formula is C15H16BrClN2O. The summed E-state index contributed by atoms with van der Waals surface area (Å²) in [4.78, 5) is 0. The molecule has 5 heteroatoms. The van der Waals surface area contributed by atoms with Crippen LogP contribution in [0.2, 0.25) is 5.15 Å². The van der Waals surface area contributed by atoms with Gasteiger partial charge in [0, 0.05) is 16.0 Å². The van der Waals surface area contributed by atoms with Gasteiger partial charge in [-0.05, 0) is 31.0 Å². The maximum atomic E-state index is 9.63. The number of hydrogen-bond donors (Lipinski definition) is 1. The lowest BCUT2D eigenvalue weighted by Crippen LogP contribution is -2.00. The summed E-state index contributed by atoms with van der Waals surface area (Å²) in [6.45, 7) is -0.0569. The van der Waals surface area contributed by atoms with Gasteiger partial charge in [-0.2, -0.15) is 5.10 Å². The first kappa shape index (κ1) is 14.1. The van der Waals surface area contributed by atoms with E-state index in [1.54, 1.807) is 4.68 Å². The van der Waals surface area contributed by atoms with Crippen molar-refractivity contribution in [1.29, 1.82) is 0 Å². The van der Waals surface area contributed by atoms with E-state index in [0.717, 1.165) is 34.3 Å². The van der Waals surface area contributed by atoms with Crippen molar-refractivity contribution in [2.45, 2.75) is 38.2 Å². The number of nitrogens with zero attached hydrogens (tertiary/aromatic N) is 2. The van der Waals surface area contributed by atoms with Crippen LogP contribution in [0.5, 0.6) is 0 Å². The smallest absolute Gasteiger partial charge is 0.138 e. The van der Waals surface area contributed by atoms with Crippen molar-refractivity contribution in [2.75, 3.05) is 0 Å². The van der Waals surface area contributed by atoms with Crippen LogP contribution in [0.4, 0.5) is 0 Å². The Kier molecular flexibility index (Phi) is 4.15. The molecule has 1 aromatic carbocycles. The van der Waals surface area contributed by atoms with E-state index < -0.39 is 0 Å². The Balaban J connectivity index is 2.08. The Bertz CT molecular complexity index is 620. The Morgan fingerprint density at radius 2 is 2.10 bits per heavy atom. The van der Waals surface area contributed by atoms with E-state index in [1.165, 1.54) is 12.8 Å². The molecule has 2 aromatic rings. The first-order valence-electron chi connectivity index (χ1n) is 6.85. The summed E-state index contributed by atoms with van der Waals surface area (Å²) in [5, 5.41) is 14.8. The van der Waals surface area contributed by atoms with E-state index in [9.17, 15) is 5.11 Å². The number of benzene rings is 1. The predicted molar refractivity (Wildman–Crippen MR) is 83.4 cm³/mol. The standard InChI is InChI=1S/C15H16BrClN2O/c16-11-6-3-7-12(8-11)19-15(17)13(9-20)14(18-19)10-4-1-2-5-10/h3,6-8,10,20H,1-2,4-5,9H2. The second kappa shape index (κ2) is 5.88. The Morgan fingerprint density at radius 3 is 2.75 bits per heavy atom. The van der Waals surface area contributed by atoms with E-state index in [-0.39, 0.29) is 6.61 Å². The van der Waals surface area contributed by atoms with Crippen LogP contribution in [0.1, 0.15) is 42.9 Å². The SMILES string of the molecule is OCc1c(C2CCCC2)nn(-c2cccc(Br)c2)c1Cl. The van der Waals surface area contributed by atoms with E-state index >= 15 is 0 Å². The quantitative estimate of drug-likeness (QED) is 0.884. The Morgan fingerprint density at radius 1 is 1.35 bits per heavy atom. The summed E-state index contributed by atoms with van der Waals surface area (Å²) in [6.07, 6.45) is 4.74. The Hall–Kier alpha value is -0.840. The average Bonchev–Trinajstić information content (AvgIpc) is 3.05. The summed E-state index contributed by atoms with van der Waals surface area (Å²) < 4.78 is 2.71. The molecule has 1 heterocycles. The van der Waals surface area contributed by atoms with Gasteiger partial charge in [-0.15, -0.1) is 0 Å². The van der Waals surface area contributed by atoms with Gasteiger partial charge in [-0.1, -0.05) is 46.4 Å². The number of halogens is 2. The number of aliphatic hydroxyl groups excluding tert-OH is 1. The van der Waals surface area contributed by atoms with Crippen LogP contribution < -0.4 is 0 Å². The maximum Gasteiger partial charge on any atom is 0.138 e. The van der Waals surface area contributed by atoms with E-state index in [4.69, 9.17) is 11.6 Å². The van der Waals surface area contributed by atoms with Crippen molar-refractivity contribution < 1.29 is 5.11 Å². The monoisotopic (exact) mass is 354 g/mol. The van der Waals surface area contributed by atoms with Gasteiger partial charge in [0.1, 0.15) is 5.15 Å². The van der Waals surface area contributed by atoms with Crippen molar-refractivity contribution in [3.8, 4) is 5.69 Å². The molecule has 1 aliphatic carbocycles. The average molecular weight is 356 g/mol. The lowest BCUT2D eigenvalue weighted by atomic mass is 10.0. The molecule has 106 valence electrons. The van der Waals surface area contributed by atoms with E-state index in [0.29, 0.717) is 11.1 Å². The van der Waals surface area contributed by atoms with E-state index in [1.807, 2.05) is 24.3 Å². The van der Waals surface area contributed by atoms with Gasteiger partial charge < -0.3 is 5.11 Å². The molecule has 0 atom stereocenters. The lowest BCUT2D eigenvalue weighted by Gasteiger charge is -2.06. The molecule has 3 nitrogen and oxygen atoms in total. The van der Waals surface area contributed by atoms with Crippen LogP contribution in [0.15, 0.2) is 28.7 Å². The third-order valence-electron chi connectivity index (χ3n) is 3.90. The molecule has 0 radical (unpaired) electrons. The molecule has 0 unspecified atom stereocenters. The number of rotatable bonds is 3. The van der Waals surface area contributed by atoms with Crippen molar-refractivity contribution >= 4 is 27.5 Å². The zero-order valence-electron chi connectivity index (χ0n) is 11.0. The van der Waals surface area contributed by atoms with Gasteiger partial charge in [0.2, 0.25) is 0 Å². The van der Waals surface area contributed by atoms with Gasteiger partial charge >= 0.3 is 0 Å². The molecule has 0 bridgehead atoms. The molecule has 0 spiro atoms. The van der Waals surface area contributed by atoms with Crippen LogP contribution in [0, 0.1) is 0 Å². The molecular weight excluding hydrogens is 340 g/mol. The van der Waals surface area contributed by atoms with Crippen LogP contribution in [0.3, 0.4) is 0 Å². The molecule has 0 amide bonds. The predicted octanol–water partition coefficient (Wildman–Crippen LogP) is 4.44. The molecule has 0 saturated heterocycles. The topological polar surface area (TPSA) is 38.1 Å². The minimum absolute atomic E-state index is 0.0569. The normalized spacial score (nSPS) is 15.9. The fourth-order valence-corrected chi connectivity index (χ4v) is 3.58. The summed E-state index contributed by atoms with van der Waals surface area (Å²) in [6, 6.07) is 7.85. The first-order chi connectivity index (χ1) is 9.70. The van der Waals surface area contributed by atoms with Crippen molar-refractivity contribution in [3.63, 3.8) is 0 Å². The molecule has 3 rings (SSSR count). The fraction of sp³-hybridized carbons (Fsp3) is 0.400. The van der Waals surface area contributed by atoms with E-state index in [2.05, 4.69) is 21.0 Å². The van der Waals surface area contributed by atoms with Crippen molar-refractivity contribution in [3.05, 3.63) is 45.1 Å². The highest BCUT2D eigenvalue weighted by molar-refractivity contribution is 9.10. The molecule has 1 aromatic heterocycles. The minimum Gasteiger partial charge on any atom is -0.391 e. The van der Waals surface area contributed by atoms with Crippen LogP contribution >= 0.6 is 27.5 Å². The van der Waals surface area contributed by atoms with Crippen LogP contribution in [-0.4, -0.2) is 14.9 Å². The zero-order valence-corrected chi connectivity index (χ0v) is 13.4. The molecule has 1 saturated carbocycles. The van der Waals surface area contributed by atoms with Gasteiger partial charge in [0.15, 0.2) is 0 Å². The summed E-state index contributed by atoms with van der Waals surface area (Å²) in [5.74, 6) is 0.433. The molecule has 1 fully saturated rings. The summed E-state index contributed by atoms with van der Waals surface area (Å²) >= 11 is 9.88. The minimum atomic E-state index is -0.0569. The maximum absolute atomic E-state index is 9.63. The molecule has 1 aliphatic rings. The summed E-state index contributed by atoms with van der Waals surface area (Å²) in [5.41, 5.74) is 2.65. The van der Waals surface area contributed by atoms with Crippen molar-refractivity contribution in [1.82, 2.24) is 9.78 Å². The summed E-state index contributed by atoms with van der Waals surface area (Å²) in [7, 11) is 0. The lowest BCUT2D eigenvalue weighted by molar-refractivity contribution is 0.280. The number of aliphatic hydroxyl groups is 1. The van der Waals surface area contributed by atoms with Gasteiger partial charge in [0.05, 0.1) is 18.0 Å². The molecule has 20 heavy (non-hydrogen) atoms. The largest absolute Gasteiger partial charge is 0.391 e. The third kappa shape index (κ3) is 2.52. The second-order valence-electron chi connectivity index (χ2n) is 5.19. The van der Waals surface area contributed by atoms with Gasteiger partial charge in [-0.3, -0.25) is 0 Å². The van der Waals surface area contributed by atoms with Crippen molar-refractivity contribution in [2.24, 2.45) is 0 Å². The number of aromatic nitrogens is 2.